The van der Waals surface area contributed by atoms with Gasteiger partial charge in [0, 0.05) is 36.5 Å². The van der Waals surface area contributed by atoms with Gasteiger partial charge in [-0.2, -0.15) is 0 Å². The Morgan fingerprint density at radius 2 is 2.00 bits per heavy atom. The molecule has 76 valence electrons. The molecule has 0 spiro atoms. The van der Waals surface area contributed by atoms with E-state index < -0.39 is 0 Å². The van der Waals surface area contributed by atoms with E-state index >= 15 is 0 Å². The second-order valence-electron chi connectivity index (χ2n) is 3.40. The van der Waals surface area contributed by atoms with Gasteiger partial charge in [0.1, 0.15) is 0 Å². The minimum Gasteiger partial charge on any atom is -0.340 e. The molecule has 1 unspecified atom stereocenters. The molecule has 1 aliphatic rings. The normalized spacial score (nSPS) is 21.6. The summed E-state index contributed by atoms with van der Waals surface area (Å²) in [6.07, 6.45) is 0.644. The Balaban J connectivity index is 2.31. The number of carbonyl (C=O) groups is 1. The van der Waals surface area contributed by atoms with E-state index in [1.54, 1.807) is 5.01 Å². The summed E-state index contributed by atoms with van der Waals surface area (Å²) in [6, 6.07) is 0. The monoisotopic (exact) mass is 297 g/mol. The highest BCUT2D eigenvalue weighted by Gasteiger charge is 2.19. The van der Waals surface area contributed by atoms with Crippen LogP contribution in [0.4, 0.5) is 0 Å². The predicted molar refractivity (Wildman–Crippen MR) is 60.4 cm³/mol. The third-order valence-electron chi connectivity index (χ3n) is 2.12. The number of rotatable bonds is 2. The van der Waals surface area contributed by atoms with E-state index in [-0.39, 0.29) is 5.91 Å². The van der Waals surface area contributed by atoms with Crippen molar-refractivity contribution in [1.82, 2.24) is 9.91 Å². The molecule has 13 heavy (non-hydrogen) atoms. The molecule has 0 saturated carbocycles. The molecule has 0 aromatic carbocycles. The van der Waals surface area contributed by atoms with Gasteiger partial charge in [0.2, 0.25) is 5.91 Å². The van der Waals surface area contributed by atoms with Crippen molar-refractivity contribution in [3.63, 3.8) is 0 Å². The van der Waals surface area contributed by atoms with Crippen molar-refractivity contribution in [2.75, 3.05) is 26.2 Å². The Morgan fingerprint density at radius 3 is 2.46 bits per heavy atom. The van der Waals surface area contributed by atoms with Crippen LogP contribution in [0.25, 0.3) is 0 Å². The van der Waals surface area contributed by atoms with Crippen molar-refractivity contribution in [2.24, 2.45) is 5.84 Å². The third kappa shape index (κ3) is 3.78. The van der Waals surface area contributed by atoms with Gasteiger partial charge in [-0.05, 0) is 0 Å². The van der Waals surface area contributed by atoms with Gasteiger partial charge in [0.25, 0.3) is 0 Å². The van der Waals surface area contributed by atoms with Crippen molar-refractivity contribution >= 4 is 28.5 Å². The van der Waals surface area contributed by atoms with E-state index in [1.165, 1.54) is 0 Å². The number of hydrogen-bond acceptors (Lipinski definition) is 3. The van der Waals surface area contributed by atoms with Crippen molar-refractivity contribution in [1.29, 1.82) is 0 Å². The van der Waals surface area contributed by atoms with E-state index in [4.69, 9.17) is 5.84 Å². The summed E-state index contributed by atoms with van der Waals surface area (Å²) in [4.78, 5) is 13.5. The molecular weight excluding hydrogens is 281 g/mol. The second kappa shape index (κ2) is 5.11. The number of carbonyl (C=O) groups excluding carboxylic acids is 1. The molecule has 2 N–H and O–H groups in total. The van der Waals surface area contributed by atoms with E-state index in [9.17, 15) is 4.79 Å². The fourth-order valence-electron chi connectivity index (χ4n) is 1.34. The lowest BCUT2D eigenvalue weighted by Crippen LogP contribution is -2.51. The topological polar surface area (TPSA) is 49.6 Å². The van der Waals surface area contributed by atoms with Crippen molar-refractivity contribution < 1.29 is 4.79 Å². The molecule has 1 amide bonds. The van der Waals surface area contributed by atoms with Crippen LogP contribution in [-0.2, 0) is 4.79 Å². The fourth-order valence-corrected chi connectivity index (χ4v) is 1.72. The molecule has 0 aromatic rings. The van der Waals surface area contributed by atoms with E-state index in [1.807, 2.05) is 4.90 Å². The Kier molecular flexibility index (Phi) is 4.40. The molecule has 1 atom stereocenters. The van der Waals surface area contributed by atoms with Gasteiger partial charge >= 0.3 is 0 Å². The molecule has 1 heterocycles. The van der Waals surface area contributed by atoms with Crippen molar-refractivity contribution in [3.05, 3.63) is 0 Å². The lowest BCUT2D eigenvalue weighted by molar-refractivity contribution is -0.132. The SMILES string of the molecule is CC(I)CC(=O)N1CCN(N)CC1. The number of halogens is 1. The average Bonchev–Trinajstić information content (AvgIpc) is 2.04. The van der Waals surface area contributed by atoms with E-state index in [2.05, 4.69) is 29.5 Å². The number of hydrazine groups is 1. The highest BCUT2D eigenvalue weighted by molar-refractivity contribution is 14.1. The zero-order valence-corrected chi connectivity index (χ0v) is 10.0. The van der Waals surface area contributed by atoms with Crippen LogP contribution < -0.4 is 5.84 Å². The van der Waals surface area contributed by atoms with Gasteiger partial charge in [0.05, 0.1) is 0 Å². The molecule has 1 saturated heterocycles. The number of amides is 1. The third-order valence-corrected chi connectivity index (χ3v) is 2.56. The molecule has 0 radical (unpaired) electrons. The Morgan fingerprint density at radius 1 is 1.46 bits per heavy atom. The van der Waals surface area contributed by atoms with Gasteiger partial charge in [-0.15, -0.1) is 0 Å². The van der Waals surface area contributed by atoms with Gasteiger partial charge in [-0.1, -0.05) is 29.5 Å². The number of nitrogens with two attached hydrogens (primary N) is 1. The quantitative estimate of drug-likeness (QED) is 0.450. The number of nitrogens with zero attached hydrogens (tertiary/aromatic N) is 2. The first-order chi connectivity index (χ1) is 6.09. The summed E-state index contributed by atoms with van der Waals surface area (Å²) >= 11 is 2.28. The molecule has 0 aliphatic carbocycles. The zero-order chi connectivity index (χ0) is 9.84. The molecule has 4 nitrogen and oxygen atoms in total. The summed E-state index contributed by atoms with van der Waals surface area (Å²) < 4.78 is 0.418. The van der Waals surface area contributed by atoms with Gasteiger partial charge in [-0.3, -0.25) is 10.6 Å². The van der Waals surface area contributed by atoms with Crippen LogP contribution in [0.1, 0.15) is 13.3 Å². The highest BCUT2D eigenvalue weighted by Crippen LogP contribution is 2.08. The molecule has 1 rings (SSSR count). The molecule has 5 heteroatoms. The maximum absolute atomic E-state index is 11.6. The molecule has 0 bridgehead atoms. The molecule has 1 fully saturated rings. The van der Waals surface area contributed by atoms with Crippen LogP contribution >= 0.6 is 22.6 Å². The van der Waals surface area contributed by atoms with Gasteiger partial charge in [-0.25, -0.2) is 5.01 Å². The molecule has 0 aromatic heterocycles. The van der Waals surface area contributed by atoms with Crippen LogP contribution in [0.2, 0.25) is 0 Å². The average molecular weight is 297 g/mol. The molecular formula is C8H16IN3O. The van der Waals surface area contributed by atoms with Crippen molar-refractivity contribution in [3.8, 4) is 0 Å². The van der Waals surface area contributed by atoms with Crippen LogP contribution in [0.15, 0.2) is 0 Å². The Hall–Kier alpha value is 0.120. The second-order valence-corrected chi connectivity index (χ2v) is 5.53. The van der Waals surface area contributed by atoms with Gasteiger partial charge < -0.3 is 4.90 Å². The van der Waals surface area contributed by atoms with Crippen LogP contribution in [0.5, 0.6) is 0 Å². The Bertz CT molecular complexity index is 178. The minimum atomic E-state index is 0.259. The summed E-state index contributed by atoms with van der Waals surface area (Å²) in [6.45, 7) is 5.19. The lowest BCUT2D eigenvalue weighted by atomic mass is 10.2. The summed E-state index contributed by atoms with van der Waals surface area (Å²) in [5.41, 5.74) is 0. The van der Waals surface area contributed by atoms with E-state index in [0.717, 1.165) is 26.2 Å². The summed E-state index contributed by atoms with van der Waals surface area (Å²) in [5.74, 6) is 5.85. The maximum atomic E-state index is 11.6. The first-order valence-corrected chi connectivity index (χ1v) is 5.75. The number of alkyl halides is 1. The number of piperazine rings is 1. The largest absolute Gasteiger partial charge is 0.340 e. The van der Waals surface area contributed by atoms with Gasteiger partial charge in [0.15, 0.2) is 0 Å². The summed E-state index contributed by atoms with van der Waals surface area (Å²) in [7, 11) is 0. The van der Waals surface area contributed by atoms with Crippen LogP contribution in [-0.4, -0.2) is 45.9 Å². The first-order valence-electron chi connectivity index (χ1n) is 4.51. The van der Waals surface area contributed by atoms with Crippen LogP contribution in [0.3, 0.4) is 0 Å². The Labute approximate surface area is 92.5 Å². The lowest BCUT2D eigenvalue weighted by Gasteiger charge is -2.32. The van der Waals surface area contributed by atoms with Crippen molar-refractivity contribution in [2.45, 2.75) is 17.3 Å². The maximum Gasteiger partial charge on any atom is 0.223 e. The minimum absolute atomic E-state index is 0.259. The number of hydrogen-bond donors (Lipinski definition) is 1. The highest BCUT2D eigenvalue weighted by atomic mass is 127. The summed E-state index contributed by atoms with van der Waals surface area (Å²) in [5, 5.41) is 1.76. The fraction of sp³-hybridized carbons (Fsp3) is 0.875. The van der Waals surface area contributed by atoms with E-state index in [0.29, 0.717) is 10.3 Å². The standard InChI is InChI=1S/C8H16IN3O/c1-7(9)6-8(13)11-2-4-12(10)5-3-11/h7H,2-6,10H2,1H3. The predicted octanol–water partition coefficient (Wildman–Crippen LogP) is 0.218. The van der Waals surface area contributed by atoms with Crippen LogP contribution in [0, 0.1) is 0 Å². The zero-order valence-electron chi connectivity index (χ0n) is 7.87. The first kappa shape index (κ1) is 11.2. The molecule has 1 aliphatic heterocycles. The smallest absolute Gasteiger partial charge is 0.223 e.